The number of fused-ring (bicyclic) bond motifs is 1. The van der Waals surface area contributed by atoms with Crippen molar-refractivity contribution in [3.8, 4) is 5.75 Å². The topological polar surface area (TPSA) is 153 Å². The Bertz CT molecular complexity index is 1650. The molecule has 4 rings (SSSR count). The lowest BCUT2D eigenvalue weighted by Gasteiger charge is -2.18. The lowest BCUT2D eigenvalue weighted by Crippen LogP contribution is -2.30. The number of nitrogens with one attached hydrogen (secondary N) is 4. The molecule has 1 unspecified atom stereocenters. The molecule has 0 saturated heterocycles. The van der Waals surface area contributed by atoms with Crippen LogP contribution in [0.25, 0.3) is 11.0 Å². The highest BCUT2D eigenvalue weighted by atomic mass is 35.5. The Morgan fingerprint density at radius 3 is 2.54 bits per heavy atom. The van der Waals surface area contributed by atoms with E-state index in [1.807, 2.05) is 6.07 Å². The Morgan fingerprint density at radius 2 is 1.88 bits per heavy atom. The molecule has 0 saturated carbocycles. The van der Waals surface area contributed by atoms with E-state index in [2.05, 4.69) is 20.6 Å². The summed E-state index contributed by atoms with van der Waals surface area (Å²) in [6.45, 7) is 1.61. The van der Waals surface area contributed by atoms with Gasteiger partial charge in [0.25, 0.3) is 5.91 Å². The SMILES string of the molecule is COc1cc2nc(C(CNC(=O)c3c(Cl)cc(N/C=N\C(C)=N)cc3Cl)c3cccc(CC(=O)O)c3)[nH]c2cc1Cl. The van der Waals surface area contributed by atoms with Gasteiger partial charge in [0.05, 0.1) is 57.5 Å². The molecule has 1 heterocycles. The fourth-order valence-electron chi connectivity index (χ4n) is 4.18. The van der Waals surface area contributed by atoms with Gasteiger partial charge in [-0.2, -0.15) is 0 Å². The predicted molar refractivity (Wildman–Crippen MR) is 162 cm³/mol. The van der Waals surface area contributed by atoms with Crippen LogP contribution < -0.4 is 15.4 Å². The van der Waals surface area contributed by atoms with E-state index in [1.54, 1.807) is 30.3 Å². The number of aliphatic carboxylic acids is 1. The summed E-state index contributed by atoms with van der Waals surface area (Å²) in [5.41, 5.74) is 3.18. The average Bonchev–Trinajstić information content (AvgIpc) is 3.29. The Labute approximate surface area is 250 Å². The molecule has 5 N–H and O–H groups in total. The third-order valence-corrected chi connectivity index (χ3v) is 6.93. The van der Waals surface area contributed by atoms with Crippen LogP contribution in [-0.4, -0.2) is 52.8 Å². The lowest BCUT2D eigenvalue weighted by atomic mass is 9.95. The molecule has 212 valence electrons. The number of methoxy groups -OCH3 is 1. The van der Waals surface area contributed by atoms with E-state index in [0.717, 1.165) is 5.56 Å². The van der Waals surface area contributed by atoms with Crippen molar-refractivity contribution in [3.05, 3.63) is 86.1 Å². The number of benzene rings is 3. The van der Waals surface area contributed by atoms with Crippen LogP contribution in [0.2, 0.25) is 15.1 Å². The molecule has 1 atom stereocenters. The van der Waals surface area contributed by atoms with Gasteiger partial charge < -0.3 is 25.5 Å². The minimum Gasteiger partial charge on any atom is -0.495 e. The Kier molecular flexibility index (Phi) is 9.49. The van der Waals surface area contributed by atoms with Crippen molar-refractivity contribution in [2.75, 3.05) is 19.0 Å². The number of rotatable bonds is 10. The van der Waals surface area contributed by atoms with Crippen LogP contribution in [0.5, 0.6) is 5.75 Å². The number of nitrogens with zero attached hydrogens (tertiary/aromatic N) is 2. The Morgan fingerprint density at radius 1 is 1.15 bits per heavy atom. The largest absolute Gasteiger partial charge is 0.495 e. The molecule has 0 aliphatic rings. The second-order valence-corrected chi connectivity index (χ2v) is 10.2. The molecule has 0 aliphatic heterocycles. The number of hydrogen-bond acceptors (Lipinski definition) is 5. The summed E-state index contributed by atoms with van der Waals surface area (Å²) in [6, 6.07) is 13.5. The predicted octanol–water partition coefficient (Wildman–Crippen LogP) is 6.16. The Balaban J connectivity index is 1.65. The minimum atomic E-state index is -0.959. The van der Waals surface area contributed by atoms with Gasteiger partial charge >= 0.3 is 5.97 Å². The molecule has 13 heteroatoms. The van der Waals surface area contributed by atoms with Crippen molar-refractivity contribution in [2.45, 2.75) is 19.3 Å². The van der Waals surface area contributed by atoms with Crippen molar-refractivity contribution in [2.24, 2.45) is 4.99 Å². The van der Waals surface area contributed by atoms with Crippen molar-refractivity contribution < 1.29 is 19.4 Å². The third kappa shape index (κ3) is 7.35. The zero-order valence-corrected chi connectivity index (χ0v) is 24.2. The molecule has 0 radical (unpaired) electrons. The summed E-state index contributed by atoms with van der Waals surface area (Å²) in [4.78, 5) is 36.4. The maximum absolute atomic E-state index is 13.3. The van der Waals surface area contributed by atoms with E-state index in [0.29, 0.717) is 38.9 Å². The zero-order valence-electron chi connectivity index (χ0n) is 21.9. The number of aromatic nitrogens is 2. The highest BCUT2D eigenvalue weighted by Gasteiger charge is 2.23. The van der Waals surface area contributed by atoms with Gasteiger partial charge in [0.2, 0.25) is 0 Å². The number of amidine groups is 1. The molecule has 0 spiro atoms. The van der Waals surface area contributed by atoms with E-state index in [-0.39, 0.29) is 34.4 Å². The zero-order chi connectivity index (χ0) is 29.7. The Hall–Kier alpha value is -4.12. The number of ether oxygens (including phenoxy) is 1. The van der Waals surface area contributed by atoms with Crippen LogP contribution in [0.3, 0.4) is 0 Å². The van der Waals surface area contributed by atoms with Gasteiger partial charge in [-0.1, -0.05) is 59.1 Å². The molecule has 1 aromatic heterocycles. The van der Waals surface area contributed by atoms with Crippen LogP contribution >= 0.6 is 34.8 Å². The van der Waals surface area contributed by atoms with Crippen LogP contribution in [0, 0.1) is 5.41 Å². The van der Waals surface area contributed by atoms with E-state index in [1.165, 1.54) is 32.5 Å². The number of carboxylic acids is 1. The first-order chi connectivity index (χ1) is 19.5. The molecule has 41 heavy (non-hydrogen) atoms. The summed E-state index contributed by atoms with van der Waals surface area (Å²) in [7, 11) is 1.51. The van der Waals surface area contributed by atoms with Crippen molar-refractivity contribution in [3.63, 3.8) is 0 Å². The van der Waals surface area contributed by atoms with Crippen molar-refractivity contribution in [1.29, 1.82) is 5.41 Å². The molecular weight excluding hydrogens is 591 g/mol. The molecule has 0 fully saturated rings. The molecular formula is C28H25Cl3N6O4. The number of amides is 1. The van der Waals surface area contributed by atoms with Crippen molar-refractivity contribution >= 4 is 75.6 Å². The number of carbonyl (C=O) groups excluding carboxylic acids is 1. The smallest absolute Gasteiger partial charge is 0.307 e. The first kappa shape index (κ1) is 29.9. The first-order valence-corrected chi connectivity index (χ1v) is 13.3. The van der Waals surface area contributed by atoms with Crippen LogP contribution in [-0.2, 0) is 11.2 Å². The standard InChI is InChI=1S/C28H25Cl3N6O4/c1-14(32)34-13-35-17-8-20(30)26(21(31)9-17)28(40)33-12-18(16-5-3-4-15(6-16)7-25(38)39)27-36-22-10-19(29)24(41-2)11-23(22)37-27/h3-6,8-11,13,18H,7,12H2,1-2H3,(H,33,40)(H,36,37)(H,38,39)(H2,32,34,35). The van der Waals surface area contributed by atoms with Gasteiger partial charge in [-0.15, -0.1) is 0 Å². The number of halogens is 3. The van der Waals surface area contributed by atoms with E-state index in [9.17, 15) is 14.7 Å². The van der Waals surface area contributed by atoms with E-state index in [4.69, 9.17) is 49.9 Å². The van der Waals surface area contributed by atoms with E-state index < -0.39 is 17.8 Å². The summed E-state index contributed by atoms with van der Waals surface area (Å²) in [5.74, 6) is -0.868. The molecule has 3 aromatic carbocycles. The number of carbonyl (C=O) groups is 2. The van der Waals surface area contributed by atoms with E-state index >= 15 is 0 Å². The average molecular weight is 616 g/mol. The number of hydrogen-bond donors (Lipinski definition) is 5. The minimum absolute atomic E-state index is 0.0813. The number of H-pyrrole nitrogens is 1. The molecule has 0 aliphatic carbocycles. The van der Waals surface area contributed by atoms with Gasteiger partial charge in [-0.25, -0.2) is 9.98 Å². The number of imidazole rings is 1. The molecule has 1 amide bonds. The normalized spacial score (nSPS) is 11.9. The lowest BCUT2D eigenvalue weighted by molar-refractivity contribution is -0.136. The summed E-state index contributed by atoms with van der Waals surface area (Å²) < 4.78 is 5.31. The molecule has 10 nitrogen and oxygen atoms in total. The number of aromatic amines is 1. The van der Waals surface area contributed by atoms with Gasteiger partial charge in [0.1, 0.15) is 17.4 Å². The maximum atomic E-state index is 13.3. The fourth-order valence-corrected chi connectivity index (χ4v) is 5.08. The maximum Gasteiger partial charge on any atom is 0.307 e. The van der Waals surface area contributed by atoms with Gasteiger partial charge in [0.15, 0.2) is 0 Å². The van der Waals surface area contributed by atoms with Crippen molar-refractivity contribution in [1.82, 2.24) is 15.3 Å². The summed E-state index contributed by atoms with van der Waals surface area (Å²) >= 11 is 19.1. The van der Waals surface area contributed by atoms with Gasteiger partial charge in [-0.05, 0) is 36.2 Å². The summed E-state index contributed by atoms with van der Waals surface area (Å²) in [5, 5.41) is 23.0. The van der Waals surface area contributed by atoms with Crippen LogP contribution in [0.15, 0.2) is 53.5 Å². The fraction of sp³-hybridized carbons (Fsp3) is 0.179. The highest BCUT2D eigenvalue weighted by molar-refractivity contribution is 6.40. The second kappa shape index (κ2) is 13.0. The highest BCUT2D eigenvalue weighted by Crippen LogP contribution is 2.32. The third-order valence-electron chi connectivity index (χ3n) is 6.04. The van der Waals surface area contributed by atoms with Gasteiger partial charge in [0, 0.05) is 18.3 Å². The monoisotopic (exact) mass is 614 g/mol. The molecule has 0 bridgehead atoms. The van der Waals surface area contributed by atoms with Crippen LogP contribution in [0.4, 0.5) is 5.69 Å². The van der Waals surface area contributed by atoms with Gasteiger partial charge in [-0.3, -0.25) is 15.0 Å². The number of aliphatic imine (C=N–C) groups is 1. The first-order valence-electron chi connectivity index (χ1n) is 12.2. The number of anilines is 1. The number of carboxylic acid groups (broad SMARTS) is 1. The summed E-state index contributed by atoms with van der Waals surface area (Å²) in [6.07, 6.45) is 1.17. The quantitative estimate of drug-likeness (QED) is 0.106. The van der Waals surface area contributed by atoms with Crippen LogP contribution in [0.1, 0.15) is 40.2 Å². The molecule has 4 aromatic rings. The second-order valence-electron chi connectivity index (χ2n) is 9.01.